The van der Waals surface area contributed by atoms with Crippen molar-refractivity contribution in [1.82, 2.24) is 0 Å². The van der Waals surface area contributed by atoms with E-state index in [1.807, 2.05) is 0 Å². The predicted octanol–water partition coefficient (Wildman–Crippen LogP) is 1.72. The molecule has 1 aromatic heterocycles. The first-order valence-electron chi connectivity index (χ1n) is 3.96. The maximum Gasteiger partial charge on any atom is 0.356 e. The summed E-state index contributed by atoms with van der Waals surface area (Å²) in [4.78, 5) is 10.7. The van der Waals surface area contributed by atoms with E-state index in [1.165, 1.54) is 6.07 Å². The van der Waals surface area contributed by atoms with Gasteiger partial charge in [0.1, 0.15) is 5.58 Å². The van der Waals surface area contributed by atoms with Crippen LogP contribution < -0.4 is 5.63 Å². The lowest BCUT2D eigenvalue weighted by Crippen LogP contribution is -2.09. The maximum absolute atomic E-state index is 11.2. The van der Waals surface area contributed by atoms with E-state index in [9.17, 15) is 13.2 Å². The van der Waals surface area contributed by atoms with Crippen LogP contribution in [-0.2, 0) is 9.05 Å². The Labute approximate surface area is 89.5 Å². The normalized spacial score (nSPS) is 11.8. The lowest BCUT2D eigenvalue weighted by Gasteiger charge is -1.97. The Balaban J connectivity index is 2.91. The largest absolute Gasteiger partial charge is 0.422 e. The van der Waals surface area contributed by atoms with Crippen LogP contribution in [0.25, 0.3) is 11.0 Å². The molecular weight excluding hydrogens is 240 g/mol. The number of hydrogen-bond donors (Lipinski definition) is 0. The molecule has 2 rings (SSSR count). The summed E-state index contributed by atoms with van der Waals surface area (Å²) in [7, 11) is 1.02. The monoisotopic (exact) mass is 244 g/mol. The van der Waals surface area contributed by atoms with Crippen molar-refractivity contribution in [2.24, 2.45) is 0 Å². The molecule has 0 unspecified atom stereocenters. The van der Waals surface area contributed by atoms with Gasteiger partial charge in [-0.15, -0.1) is 0 Å². The molecule has 0 spiro atoms. The van der Waals surface area contributed by atoms with Crippen molar-refractivity contribution in [3.8, 4) is 0 Å². The van der Waals surface area contributed by atoms with Gasteiger partial charge in [-0.05, 0) is 12.1 Å². The topological polar surface area (TPSA) is 64.3 Å². The number of fused-ring (bicyclic) bond motifs is 1. The fraction of sp³-hybridized carbons (Fsp3) is 0. The fourth-order valence-electron chi connectivity index (χ4n) is 1.21. The van der Waals surface area contributed by atoms with Crippen molar-refractivity contribution in [1.29, 1.82) is 0 Å². The molecule has 0 bridgehead atoms. The van der Waals surface area contributed by atoms with Crippen LogP contribution in [0.15, 0.2) is 44.4 Å². The SMILES string of the molecule is O=c1oc2ccccc2cc1S(=O)(=O)Cl. The molecule has 0 saturated heterocycles. The molecule has 0 N–H and O–H groups in total. The molecule has 0 atom stereocenters. The van der Waals surface area contributed by atoms with Crippen LogP contribution in [0.5, 0.6) is 0 Å². The minimum absolute atomic E-state index is 0.326. The average Bonchev–Trinajstić information content (AvgIpc) is 2.15. The van der Waals surface area contributed by atoms with Gasteiger partial charge >= 0.3 is 5.63 Å². The van der Waals surface area contributed by atoms with Crippen molar-refractivity contribution in [3.63, 3.8) is 0 Å². The lowest BCUT2D eigenvalue weighted by molar-refractivity contribution is 0.535. The molecule has 15 heavy (non-hydrogen) atoms. The Bertz CT molecular complexity index is 672. The van der Waals surface area contributed by atoms with E-state index < -0.39 is 19.6 Å². The first-order chi connectivity index (χ1) is 6.98. The molecule has 4 nitrogen and oxygen atoms in total. The molecular formula is C9H5ClO4S. The average molecular weight is 245 g/mol. The van der Waals surface area contributed by atoms with Crippen LogP contribution in [0.2, 0.25) is 0 Å². The van der Waals surface area contributed by atoms with E-state index in [2.05, 4.69) is 0 Å². The lowest BCUT2D eigenvalue weighted by atomic mass is 10.2. The number of rotatable bonds is 1. The van der Waals surface area contributed by atoms with Gasteiger partial charge in [-0.2, -0.15) is 0 Å². The molecule has 0 saturated carbocycles. The zero-order chi connectivity index (χ0) is 11.1. The van der Waals surface area contributed by atoms with E-state index in [-0.39, 0.29) is 0 Å². The second kappa shape index (κ2) is 3.36. The Hall–Kier alpha value is -1.33. The second-order valence-electron chi connectivity index (χ2n) is 2.87. The highest BCUT2D eigenvalue weighted by Crippen LogP contribution is 2.17. The Kier molecular flexibility index (Phi) is 2.28. The number of benzene rings is 1. The highest BCUT2D eigenvalue weighted by molar-refractivity contribution is 8.13. The second-order valence-corrected chi connectivity index (χ2v) is 5.41. The Morgan fingerprint density at radius 2 is 1.87 bits per heavy atom. The molecule has 0 fully saturated rings. The molecule has 0 aliphatic rings. The van der Waals surface area contributed by atoms with Gasteiger partial charge in [0.05, 0.1) is 0 Å². The van der Waals surface area contributed by atoms with Crippen LogP contribution >= 0.6 is 10.7 Å². The van der Waals surface area contributed by atoms with Crippen molar-refractivity contribution in [2.45, 2.75) is 4.90 Å². The summed E-state index contributed by atoms with van der Waals surface area (Å²) in [6, 6.07) is 7.78. The molecule has 2 aromatic rings. The molecule has 1 aromatic carbocycles. The quantitative estimate of drug-likeness (QED) is 0.566. The van der Waals surface area contributed by atoms with E-state index in [1.54, 1.807) is 24.3 Å². The first-order valence-corrected chi connectivity index (χ1v) is 6.27. The van der Waals surface area contributed by atoms with Gasteiger partial charge < -0.3 is 4.42 Å². The van der Waals surface area contributed by atoms with E-state index in [0.29, 0.717) is 11.0 Å². The van der Waals surface area contributed by atoms with E-state index >= 15 is 0 Å². The summed E-state index contributed by atoms with van der Waals surface area (Å²) in [5.41, 5.74) is -0.629. The van der Waals surface area contributed by atoms with Gasteiger partial charge in [0.2, 0.25) is 0 Å². The minimum Gasteiger partial charge on any atom is -0.422 e. The molecule has 0 aliphatic carbocycles. The summed E-state index contributed by atoms with van der Waals surface area (Å²) in [5, 5.41) is 0.510. The van der Waals surface area contributed by atoms with Crippen molar-refractivity contribution in [3.05, 3.63) is 40.8 Å². The maximum atomic E-state index is 11.2. The summed E-state index contributed by atoms with van der Waals surface area (Å²) in [6.45, 7) is 0. The number of hydrogen-bond acceptors (Lipinski definition) is 4. The molecule has 0 radical (unpaired) electrons. The third-order valence-electron chi connectivity index (χ3n) is 1.87. The van der Waals surface area contributed by atoms with Gasteiger partial charge in [-0.3, -0.25) is 0 Å². The van der Waals surface area contributed by atoms with Gasteiger partial charge in [0.25, 0.3) is 9.05 Å². The standard InChI is InChI=1S/C9H5ClO4S/c10-15(12,13)8-5-6-3-1-2-4-7(6)14-9(8)11/h1-5H. The van der Waals surface area contributed by atoms with Crippen LogP contribution in [0, 0.1) is 0 Å². The Morgan fingerprint density at radius 1 is 1.20 bits per heavy atom. The smallest absolute Gasteiger partial charge is 0.356 e. The van der Waals surface area contributed by atoms with Crippen LogP contribution in [0.4, 0.5) is 0 Å². The zero-order valence-electron chi connectivity index (χ0n) is 7.31. The molecule has 0 aliphatic heterocycles. The van der Waals surface area contributed by atoms with Crippen LogP contribution in [-0.4, -0.2) is 8.42 Å². The van der Waals surface area contributed by atoms with Crippen molar-refractivity contribution >= 4 is 30.7 Å². The first kappa shape index (κ1) is 10.2. The summed E-state index contributed by atoms with van der Waals surface area (Å²) in [6.07, 6.45) is 0. The fourth-order valence-corrected chi connectivity index (χ4v) is 2.04. The zero-order valence-corrected chi connectivity index (χ0v) is 8.88. The minimum atomic E-state index is -4.06. The molecule has 78 valence electrons. The van der Waals surface area contributed by atoms with E-state index in [0.717, 1.165) is 0 Å². The van der Waals surface area contributed by atoms with Gasteiger partial charge in [0.15, 0.2) is 4.90 Å². The highest BCUT2D eigenvalue weighted by atomic mass is 35.7. The van der Waals surface area contributed by atoms with Crippen molar-refractivity contribution < 1.29 is 12.8 Å². The van der Waals surface area contributed by atoms with Crippen molar-refractivity contribution in [2.75, 3.05) is 0 Å². The summed E-state index contributed by atoms with van der Waals surface area (Å²) in [5.74, 6) is 0. The van der Waals surface area contributed by atoms with Crippen LogP contribution in [0.3, 0.4) is 0 Å². The third-order valence-corrected chi connectivity index (χ3v) is 3.18. The summed E-state index contributed by atoms with van der Waals surface area (Å²) < 4.78 is 26.8. The van der Waals surface area contributed by atoms with Gasteiger partial charge in [0, 0.05) is 16.1 Å². The number of para-hydroxylation sites is 1. The summed E-state index contributed by atoms with van der Waals surface area (Å²) >= 11 is 0. The van der Waals surface area contributed by atoms with Gasteiger partial charge in [-0.25, -0.2) is 13.2 Å². The number of halogens is 1. The molecule has 1 heterocycles. The Morgan fingerprint density at radius 3 is 2.53 bits per heavy atom. The highest BCUT2D eigenvalue weighted by Gasteiger charge is 2.17. The molecule has 0 amide bonds. The third kappa shape index (κ3) is 1.88. The predicted molar refractivity (Wildman–Crippen MR) is 55.5 cm³/mol. The van der Waals surface area contributed by atoms with Crippen LogP contribution in [0.1, 0.15) is 0 Å². The van der Waals surface area contributed by atoms with E-state index in [4.69, 9.17) is 15.1 Å². The van der Waals surface area contributed by atoms with Gasteiger partial charge in [-0.1, -0.05) is 18.2 Å². The molecule has 6 heteroatoms.